The Morgan fingerprint density at radius 3 is 2.37 bits per heavy atom. The highest BCUT2D eigenvalue weighted by Gasteiger charge is 2.14. The zero-order valence-corrected chi connectivity index (χ0v) is 18.1. The molecule has 5 heteroatoms. The van der Waals surface area contributed by atoms with Crippen molar-refractivity contribution in [3.8, 4) is 5.75 Å². The first-order chi connectivity index (χ1) is 14.3. The van der Waals surface area contributed by atoms with Gasteiger partial charge in [0.15, 0.2) is 0 Å². The number of carbonyl (C=O) groups is 1. The van der Waals surface area contributed by atoms with Crippen LogP contribution in [0.3, 0.4) is 0 Å². The minimum atomic E-state index is -0.242. The largest absolute Gasteiger partial charge is 0.489 e. The second kappa shape index (κ2) is 9.59. The molecule has 154 valence electrons. The van der Waals surface area contributed by atoms with Crippen molar-refractivity contribution < 1.29 is 9.53 Å². The van der Waals surface area contributed by atoms with Crippen LogP contribution in [-0.4, -0.2) is 12.1 Å². The topological polar surface area (TPSA) is 50.7 Å². The number of nitrogens with zero attached hydrogens (tertiary/aromatic N) is 1. The maximum Gasteiger partial charge on any atom is 0.271 e. The maximum atomic E-state index is 12.2. The molecule has 3 aromatic carbocycles. The van der Waals surface area contributed by atoms with Gasteiger partial charge < -0.3 is 4.74 Å². The molecular formula is C25H25ClN2O2. The zero-order valence-electron chi connectivity index (χ0n) is 17.4. The van der Waals surface area contributed by atoms with Crippen LogP contribution >= 0.6 is 11.6 Å². The van der Waals surface area contributed by atoms with Gasteiger partial charge in [0.1, 0.15) is 12.4 Å². The molecule has 3 rings (SSSR count). The van der Waals surface area contributed by atoms with Crippen LogP contribution in [-0.2, 0) is 12.0 Å². The van der Waals surface area contributed by atoms with E-state index in [0.717, 1.165) is 16.9 Å². The van der Waals surface area contributed by atoms with Gasteiger partial charge >= 0.3 is 0 Å². The normalized spacial score (nSPS) is 11.5. The highest BCUT2D eigenvalue weighted by atomic mass is 35.5. The second-order valence-electron chi connectivity index (χ2n) is 8.01. The van der Waals surface area contributed by atoms with Crippen molar-refractivity contribution in [1.29, 1.82) is 0 Å². The molecule has 0 fully saturated rings. The minimum Gasteiger partial charge on any atom is -0.489 e. The Balaban J connectivity index is 1.51. The smallest absolute Gasteiger partial charge is 0.271 e. The summed E-state index contributed by atoms with van der Waals surface area (Å²) < 4.78 is 5.76. The summed E-state index contributed by atoms with van der Waals surface area (Å²) in [7, 11) is 0. The quantitative estimate of drug-likeness (QED) is 0.394. The van der Waals surface area contributed by atoms with E-state index in [1.807, 2.05) is 72.8 Å². The molecule has 0 bridgehead atoms. The minimum absolute atomic E-state index is 0.0528. The van der Waals surface area contributed by atoms with Crippen molar-refractivity contribution in [2.45, 2.75) is 32.8 Å². The summed E-state index contributed by atoms with van der Waals surface area (Å²) in [5.74, 6) is 0.503. The summed E-state index contributed by atoms with van der Waals surface area (Å²) in [4.78, 5) is 12.2. The van der Waals surface area contributed by atoms with Gasteiger partial charge in [0.2, 0.25) is 0 Å². The molecule has 0 spiro atoms. The SMILES string of the molecule is CC(C)(C)c1ccc(C(=O)NN=Cc2ccc(OCc3cccc(Cl)c3)cc2)cc1. The molecule has 1 amide bonds. The number of hydrazone groups is 1. The molecule has 0 radical (unpaired) electrons. The summed E-state index contributed by atoms with van der Waals surface area (Å²) in [5, 5.41) is 4.73. The predicted molar refractivity (Wildman–Crippen MR) is 122 cm³/mol. The number of hydrogen-bond acceptors (Lipinski definition) is 3. The van der Waals surface area contributed by atoms with Crippen molar-refractivity contribution in [2.24, 2.45) is 5.10 Å². The summed E-state index contributed by atoms with van der Waals surface area (Å²) in [6.07, 6.45) is 1.60. The first-order valence-electron chi connectivity index (χ1n) is 9.72. The number of ether oxygens (including phenoxy) is 1. The van der Waals surface area contributed by atoms with Crippen LogP contribution < -0.4 is 10.2 Å². The van der Waals surface area contributed by atoms with Gasteiger partial charge in [-0.15, -0.1) is 0 Å². The summed E-state index contributed by atoms with van der Waals surface area (Å²) in [5.41, 5.74) is 6.23. The number of carbonyl (C=O) groups excluding carboxylic acids is 1. The molecular weight excluding hydrogens is 396 g/mol. The number of hydrogen-bond donors (Lipinski definition) is 1. The third-order valence-corrected chi connectivity index (χ3v) is 4.80. The van der Waals surface area contributed by atoms with Crippen LogP contribution in [0.15, 0.2) is 77.9 Å². The van der Waals surface area contributed by atoms with Crippen molar-refractivity contribution in [2.75, 3.05) is 0 Å². The van der Waals surface area contributed by atoms with E-state index in [9.17, 15) is 4.79 Å². The molecule has 0 saturated heterocycles. The number of amides is 1. The third-order valence-electron chi connectivity index (χ3n) is 4.57. The van der Waals surface area contributed by atoms with Crippen LogP contribution in [0, 0.1) is 0 Å². The Kier molecular flexibility index (Phi) is 6.91. The predicted octanol–water partition coefficient (Wildman–Crippen LogP) is 5.98. The summed E-state index contributed by atoms with van der Waals surface area (Å²) in [6.45, 7) is 6.86. The van der Waals surface area contributed by atoms with E-state index in [4.69, 9.17) is 16.3 Å². The zero-order chi connectivity index (χ0) is 21.6. The molecule has 0 heterocycles. The Hall–Kier alpha value is -3.11. The fourth-order valence-electron chi connectivity index (χ4n) is 2.80. The number of benzene rings is 3. The molecule has 0 aliphatic heterocycles. The van der Waals surface area contributed by atoms with Gasteiger partial charge in [0.25, 0.3) is 5.91 Å². The number of nitrogens with one attached hydrogen (secondary N) is 1. The van der Waals surface area contributed by atoms with Crippen LogP contribution in [0.4, 0.5) is 0 Å². The van der Waals surface area contributed by atoms with E-state index in [-0.39, 0.29) is 11.3 Å². The van der Waals surface area contributed by atoms with E-state index in [2.05, 4.69) is 31.3 Å². The molecule has 0 atom stereocenters. The van der Waals surface area contributed by atoms with E-state index in [0.29, 0.717) is 17.2 Å². The lowest BCUT2D eigenvalue weighted by Crippen LogP contribution is -2.18. The molecule has 0 aliphatic rings. The van der Waals surface area contributed by atoms with E-state index >= 15 is 0 Å². The first-order valence-corrected chi connectivity index (χ1v) is 10.1. The maximum absolute atomic E-state index is 12.2. The molecule has 4 nitrogen and oxygen atoms in total. The standard InChI is InChI=1S/C25H25ClN2O2/c1-25(2,3)21-11-9-20(10-12-21)24(29)28-27-16-18-7-13-23(14-8-18)30-17-19-5-4-6-22(26)15-19/h4-16H,17H2,1-3H3,(H,28,29). The van der Waals surface area contributed by atoms with E-state index < -0.39 is 0 Å². The lowest BCUT2D eigenvalue weighted by Gasteiger charge is -2.18. The van der Waals surface area contributed by atoms with Crippen molar-refractivity contribution in [3.63, 3.8) is 0 Å². The lowest BCUT2D eigenvalue weighted by molar-refractivity contribution is 0.0955. The molecule has 1 N–H and O–H groups in total. The van der Waals surface area contributed by atoms with Gasteiger partial charge in [0.05, 0.1) is 6.21 Å². The van der Waals surface area contributed by atoms with Crippen molar-refractivity contribution in [1.82, 2.24) is 5.43 Å². The van der Waals surface area contributed by atoms with Gasteiger partial charge in [-0.3, -0.25) is 4.79 Å². The molecule has 3 aromatic rings. The Labute approximate surface area is 182 Å². The van der Waals surface area contributed by atoms with Gasteiger partial charge in [0, 0.05) is 10.6 Å². The Morgan fingerprint density at radius 2 is 1.73 bits per heavy atom. The highest BCUT2D eigenvalue weighted by Crippen LogP contribution is 2.22. The van der Waals surface area contributed by atoms with Gasteiger partial charge in [-0.2, -0.15) is 5.10 Å². The Bertz CT molecular complexity index is 1020. The molecule has 0 aromatic heterocycles. The fourth-order valence-corrected chi connectivity index (χ4v) is 3.01. The summed E-state index contributed by atoms with van der Waals surface area (Å²) >= 11 is 5.98. The molecule has 0 unspecified atom stereocenters. The van der Waals surface area contributed by atoms with Gasteiger partial charge in [-0.05, 0) is 70.6 Å². The number of rotatable bonds is 6. The average molecular weight is 421 g/mol. The highest BCUT2D eigenvalue weighted by molar-refractivity contribution is 6.30. The average Bonchev–Trinajstić information content (AvgIpc) is 2.72. The van der Waals surface area contributed by atoms with Crippen LogP contribution in [0.5, 0.6) is 5.75 Å². The lowest BCUT2D eigenvalue weighted by atomic mass is 9.87. The fraction of sp³-hybridized carbons (Fsp3) is 0.200. The van der Waals surface area contributed by atoms with Crippen LogP contribution in [0.2, 0.25) is 5.02 Å². The molecule has 30 heavy (non-hydrogen) atoms. The van der Waals surface area contributed by atoms with Crippen molar-refractivity contribution in [3.05, 3.63) is 100 Å². The van der Waals surface area contributed by atoms with Gasteiger partial charge in [-0.1, -0.05) is 56.6 Å². The first kappa shape index (κ1) is 21.6. The van der Waals surface area contributed by atoms with Gasteiger partial charge in [-0.25, -0.2) is 5.43 Å². The Morgan fingerprint density at radius 1 is 1.03 bits per heavy atom. The van der Waals surface area contributed by atoms with Crippen molar-refractivity contribution >= 4 is 23.7 Å². The third kappa shape index (κ3) is 6.19. The molecule has 0 aliphatic carbocycles. The summed E-state index contributed by atoms with van der Waals surface area (Å²) in [6, 6.07) is 22.6. The second-order valence-corrected chi connectivity index (χ2v) is 8.45. The van der Waals surface area contributed by atoms with Crippen LogP contribution in [0.25, 0.3) is 0 Å². The monoisotopic (exact) mass is 420 g/mol. The van der Waals surface area contributed by atoms with Crippen LogP contribution in [0.1, 0.15) is 47.8 Å². The van der Waals surface area contributed by atoms with E-state index in [1.54, 1.807) is 6.21 Å². The van der Waals surface area contributed by atoms with E-state index in [1.165, 1.54) is 5.56 Å². The molecule has 0 saturated carbocycles. The number of halogens is 1.